The van der Waals surface area contributed by atoms with Crippen LogP contribution in [-0.2, 0) is 0 Å². The molecule has 0 bridgehead atoms. The maximum atomic E-state index is 12.0. The molecule has 0 radical (unpaired) electrons. The number of carbonyl (C=O) groups is 1. The van der Waals surface area contributed by atoms with Gasteiger partial charge in [-0.3, -0.25) is 9.78 Å². The van der Waals surface area contributed by atoms with Gasteiger partial charge in [0.1, 0.15) is 0 Å². The Morgan fingerprint density at radius 2 is 2.06 bits per heavy atom. The number of amides is 1. The monoisotopic (exact) mass is 240 g/mol. The molecule has 2 aromatic rings. The standard InChI is InChI=1S/C15H16N2O/c1-11-6-5-7-13(10-11)15(18)17-12(2)14-8-3-4-9-16-14/h3-10,12H,1-2H3,(H,17,18). The van der Waals surface area contributed by atoms with Crippen molar-refractivity contribution in [3.8, 4) is 0 Å². The zero-order chi connectivity index (χ0) is 13.0. The van der Waals surface area contributed by atoms with Crippen molar-refractivity contribution in [3.05, 3.63) is 65.5 Å². The van der Waals surface area contributed by atoms with E-state index in [4.69, 9.17) is 0 Å². The van der Waals surface area contributed by atoms with Gasteiger partial charge in [-0.15, -0.1) is 0 Å². The highest BCUT2D eigenvalue weighted by Gasteiger charge is 2.11. The molecule has 0 spiro atoms. The SMILES string of the molecule is Cc1cccc(C(=O)NC(C)c2ccccn2)c1. The van der Waals surface area contributed by atoms with Crippen LogP contribution in [0.25, 0.3) is 0 Å². The molecule has 1 unspecified atom stereocenters. The van der Waals surface area contributed by atoms with E-state index < -0.39 is 0 Å². The first kappa shape index (κ1) is 12.3. The smallest absolute Gasteiger partial charge is 0.251 e. The van der Waals surface area contributed by atoms with Crippen molar-refractivity contribution < 1.29 is 4.79 Å². The molecule has 1 aromatic carbocycles. The van der Waals surface area contributed by atoms with E-state index >= 15 is 0 Å². The van der Waals surface area contributed by atoms with E-state index in [0.29, 0.717) is 5.56 Å². The van der Waals surface area contributed by atoms with Crippen molar-refractivity contribution in [3.63, 3.8) is 0 Å². The normalized spacial score (nSPS) is 11.9. The van der Waals surface area contributed by atoms with Crippen LogP contribution in [0.1, 0.15) is 34.6 Å². The summed E-state index contributed by atoms with van der Waals surface area (Å²) in [6.45, 7) is 3.90. The topological polar surface area (TPSA) is 42.0 Å². The zero-order valence-corrected chi connectivity index (χ0v) is 10.6. The third kappa shape index (κ3) is 2.94. The summed E-state index contributed by atoms with van der Waals surface area (Å²) in [6, 6.07) is 13.1. The van der Waals surface area contributed by atoms with E-state index in [-0.39, 0.29) is 11.9 Å². The summed E-state index contributed by atoms with van der Waals surface area (Å²) < 4.78 is 0. The van der Waals surface area contributed by atoms with Crippen molar-refractivity contribution in [2.45, 2.75) is 19.9 Å². The van der Waals surface area contributed by atoms with E-state index in [9.17, 15) is 4.79 Å². The fourth-order valence-electron chi connectivity index (χ4n) is 1.77. The molecule has 0 aliphatic heterocycles. The number of pyridine rings is 1. The molecule has 1 atom stereocenters. The Labute approximate surface area is 107 Å². The summed E-state index contributed by atoms with van der Waals surface area (Å²) in [7, 11) is 0. The summed E-state index contributed by atoms with van der Waals surface area (Å²) in [5.41, 5.74) is 2.62. The first-order valence-corrected chi connectivity index (χ1v) is 5.95. The molecule has 3 heteroatoms. The lowest BCUT2D eigenvalue weighted by Gasteiger charge is -2.13. The Balaban J connectivity index is 2.08. The third-order valence-corrected chi connectivity index (χ3v) is 2.76. The quantitative estimate of drug-likeness (QED) is 0.896. The van der Waals surface area contributed by atoms with Crippen LogP contribution >= 0.6 is 0 Å². The second kappa shape index (κ2) is 5.45. The highest BCUT2D eigenvalue weighted by molar-refractivity contribution is 5.94. The number of benzene rings is 1. The summed E-state index contributed by atoms with van der Waals surface area (Å²) in [5, 5.41) is 2.94. The molecule has 3 nitrogen and oxygen atoms in total. The zero-order valence-electron chi connectivity index (χ0n) is 10.6. The lowest BCUT2D eigenvalue weighted by atomic mass is 10.1. The summed E-state index contributed by atoms with van der Waals surface area (Å²) in [4.78, 5) is 16.3. The van der Waals surface area contributed by atoms with Crippen molar-refractivity contribution in [1.82, 2.24) is 10.3 Å². The van der Waals surface area contributed by atoms with Gasteiger partial charge in [-0.25, -0.2) is 0 Å². The van der Waals surface area contributed by atoms with Crippen molar-refractivity contribution in [1.29, 1.82) is 0 Å². The first-order chi connectivity index (χ1) is 8.66. The molecular weight excluding hydrogens is 224 g/mol. The van der Waals surface area contributed by atoms with Gasteiger partial charge < -0.3 is 5.32 Å². The van der Waals surface area contributed by atoms with Crippen LogP contribution in [0.3, 0.4) is 0 Å². The van der Waals surface area contributed by atoms with Gasteiger partial charge in [-0.2, -0.15) is 0 Å². The lowest BCUT2D eigenvalue weighted by Crippen LogP contribution is -2.27. The minimum Gasteiger partial charge on any atom is -0.344 e. The summed E-state index contributed by atoms with van der Waals surface area (Å²) in [6.07, 6.45) is 1.73. The van der Waals surface area contributed by atoms with Crippen LogP contribution in [0.15, 0.2) is 48.7 Å². The Bertz CT molecular complexity index is 537. The molecule has 0 fully saturated rings. The number of rotatable bonds is 3. The summed E-state index contributed by atoms with van der Waals surface area (Å²) >= 11 is 0. The second-order valence-electron chi connectivity index (χ2n) is 4.32. The van der Waals surface area contributed by atoms with Crippen LogP contribution < -0.4 is 5.32 Å². The van der Waals surface area contributed by atoms with Crippen LogP contribution in [0.5, 0.6) is 0 Å². The van der Waals surface area contributed by atoms with Crippen LogP contribution in [0.4, 0.5) is 0 Å². The van der Waals surface area contributed by atoms with Crippen LogP contribution in [-0.4, -0.2) is 10.9 Å². The third-order valence-electron chi connectivity index (χ3n) is 2.76. The van der Waals surface area contributed by atoms with E-state index in [1.807, 2.05) is 56.3 Å². The Morgan fingerprint density at radius 1 is 1.22 bits per heavy atom. The molecule has 1 aromatic heterocycles. The van der Waals surface area contributed by atoms with Gasteiger partial charge in [0.15, 0.2) is 0 Å². The maximum Gasteiger partial charge on any atom is 0.251 e. The Kier molecular flexibility index (Phi) is 3.72. The van der Waals surface area contributed by atoms with Crippen LogP contribution in [0, 0.1) is 6.92 Å². The van der Waals surface area contributed by atoms with Crippen molar-refractivity contribution >= 4 is 5.91 Å². The molecule has 0 saturated carbocycles. The van der Waals surface area contributed by atoms with Gasteiger partial charge in [0.05, 0.1) is 11.7 Å². The van der Waals surface area contributed by atoms with Gasteiger partial charge >= 0.3 is 0 Å². The van der Waals surface area contributed by atoms with Gasteiger partial charge in [0, 0.05) is 11.8 Å². The first-order valence-electron chi connectivity index (χ1n) is 5.95. The number of nitrogens with zero attached hydrogens (tertiary/aromatic N) is 1. The minimum atomic E-state index is -0.0980. The average Bonchev–Trinajstić information content (AvgIpc) is 2.39. The molecule has 1 amide bonds. The number of hydrogen-bond donors (Lipinski definition) is 1. The molecule has 2 rings (SSSR count). The van der Waals surface area contributed by atoms with E-state index in [1.165, 1.54) is 0 Å². The fourth-order valence-corrected chi connectivity index (χ4v) is 1.77. The average molecular weight is 240 g/mol. The predicted molar refractivity (Wildman–Crippen MR) is 71.3 cm³/mol. The lowest BCUT2D eigenvalue weighted by molar-refractivity contribution is 0.0939. The fraction of sp³-hybridized carbons (Fsp3) is 0.200. The molecular formula is C15H16N2O. The Hall–Kier alpha value is -2.16. The maximum absolute atomic E-state index is 12.0. The molecule has 1 heterocycles. The number of aryl methyl sites for hydroxylation is 1. The van der Waals surface area contributed by atoms with Gasteiger partial charge in [0.25, 0.3) is 5.91 Å². The molecule has 0 aliphatic rings. The molecule has 0 aliphatic carbocycles. The molecule has 92 valence electrons. The number of hydrogen-bond acceptors (Lipinski definition) is 2. The molecule has 0 saturated heterocycles. The van der Waals surface area contributed by atoms with Crippen molar-refractivity contribution in [2.24, 2.45) is 0 Å². The minimum absolute atomic E-state index is 0.0724. The number of aromatic nitrogens is 1. The highest BCUT2D eigenvalue weighted by atomic mass is 16.1. The van der Waals surface area contributed by atoms with Crippen LogP contribution in [0.2, 0.25) is 0 Å². The van der Waals surface area contributed by atoms with Crippen molar-refractivity contribution in [2.75, 3.05) is 0 Å². The van der Waals surface area contributed by atoms with E-state index in [1.54, 1.807) is 6.20 Å². The second-order valence-corrected chi connectivity index (χ2v) is 4.32. The Morgan fingerprint density at radius 3 is 2.72 bits per heavy atom. The highest BCUT2D eigenvalue weighted by Crippen LogP contribution is 2.10. The van der Waals surface area contributed by atoms with E-state index in [2.05, 4.69) is 10.3 Å². The summed E-state index contributed by atoms with van der Waals surface area (Å²) in [5.74, 6) is -0.0724. The molecule has 18 heavy (non-hydrogen) atoms. The number of carbonyl (C=O) groups excluding carboxylic acids is 1. The van der Waals surface area contributed by atoms with Gasteiger partial charge in [-0.05, 0) is 38.1 Å². The molecule has 1 N–H and O–H groups in total. The van der Waals surface area contributed by atoms with Gasteiger partial charge in [-0.1, -0.05) is 23.8 Å². The van der Waals surface area contributed by atoms with E-state index in [0.717, 1.165) is 11.3 Å². The number of nitrogens with one attached hydrogen (secondary N) is 1. The van der Waals surface area contributed by atoms with Gasteiger partial charge in [0.2, 0.25) is 0 Å². The largest absolute Gasteiger partial charge is 0.344 e. The predicted octanol–water partition coefficient (Wildman–Crippen LogP) is 2.88.